The van der Waals surface area contributed by atoms with Crippen LogP contribution in [0.4, 0.5) is 8.78 Å². The van der Waals surface area contributed by atoms with Gasteiger partial charge in [0, 0.05) is 25.2 Å². The molecular weight excluding hydrogens is 338 g/mol. The Hall–Kier alpha value is -2.57. The molecule has 0 amide bonds. The zero-order valence-electron chi connectivity index (χ0n) is 14.1. The number of nitrogens with zero attached hydrogens (tertiary/aromatic N) is 2. The minimum atomic E-state index is -0.291. The molecule has 0 N–H and O–H groups in total. The summed E-state index contributed by atoms with van der Waals surface area (Å²) in [6, 6.07) is 12.5. The lowest BCUT2D eigenvalue weighted by Crippen LogP contribution is -2.37. The van der Waals surface area contributed by atoms with E-state index in [0.29, 0.717) is 25.6 Å². The Balaban J connectivity index is 1.42. The van der Waals surface area contributed by atoms with Crippen molar-refractivity contribution in [1.29, 1.82) is 0 Å². The van der Waals surface area contributed by atoms with Crippen molar-refractivity contribution < 1.29 is 17.9 Å². The highest BCUT2D eigenvalue weighted by Gasteiger charge is 2.23. The zero-order chi connectivity index (χ0) is 17.9. The molecule has 1 unspecified atom stereocenters. The lowest BCUT2D eigenvalue weighted by atomic mass is 10.1. The van der Waals surface area contributed by atoms with Crippen LogP contribution in [0.5, 0.6) is 0 Å². The first kappa shape index (κ1) is 16.9. The molecule has 4 nitrogen and oxygen atoms in total. The fraction of sp³-hybridized carbons (Fsp3) is 0.250. The van der Waals surface area contributed by atoms with Crippen LogP contribution in [0.1, 0.15) is 17.4 Å². The Bertz CT molecular complexity index is 862. The maximum atomic E-state index is 13.1. The van der Waals surface area contributed by atoms with Gasteiger partial charge in [-0.2, -0.15) is 0 Å². The Labute approximate surface area is 150 Å². The van der Waals surface area contributed by atoms with E-state index in [1.54, 1.807) is 30.5 Å². The number of aromatic nitrogens is 1. The van der Waals surface area contributed by atoms with Crippen LogP contribution in [0.2, 0.25) is 0 Å². The summed E-state index contributed by atoms with van der Waals surface area (Å²) in [5.41, 5.74) is 2.51. The van der Waals surface area contributed by atoms with Gasteiger partial charge in [0.15, 0.2) is 0 Å². The number of morpholine rings is 1. The van der Waals surface area contributed by atoms with E-state index in [1.165, 1.54) is 24.3 Å². The van der Waals surface area contributed by atoms with Crippen molar-refractivity contribution in [1.82, 2.24) is 9.88 Å². The van der Waals surface area contributed by atoms with Crippen molar-refractivity contribution in [3.8, 4) is 11.5 Å². The Morgan fingerprint density at radius 3 is 2.42 bits per heavy atom. The number of hydrogen-bond acceptors (Lipinski definition) is 4. The summed E-state index contributed by atoms with van der Waals surface area (Å²) in [6.45, 7) is 2.72. The second-order valence-corrected chi connectivity index (χ2v) is 6.30. The van der Waals surface area contributed by atoms with Crippen molar-refractivity contribution >= 4 is 0 Å². The molecule has 0 saturated carbocycles. The van der Waals surface area contributed by atoms with E-state index in [-0.39, 0.29) is 17.7 Å². The molecule has 1 aliphatic heterocycles. The van der Waals surface area contributed by atoms with Crippen LogP contribution in [-0.2, 0) is 11.3 Å². The molecule has 4 rings (SSSR count). The van der Waals surface area contributed by atoms with Gasteiger partial charge in [-0.15, -0.1) is 0 Å². The van der Waals surface area contributed by atoms with Crippen molar-refractivity contribution in [3.05, 3.63) is 77.7 Å². The highest BCUT2D eigenvalue weighted by molar-refractivity contribution is 5.52. The predicted molar refractivity (Wildman–Crippen MR) is 92.3 cm³/mol. The monoisotopic (exact) mass is 356 g/mol. The summed E-state index contributed by atoms with van der Waals surface area (Å²) in [6.07, 6.45) is 1.54. The van der Waals surface area contributed by atoms with Crippen LogP contribution in [0.3, 0.4) is 0 Å². The Kier molecular flexibility index (Phi) is 4.77. The molecule has 0 radical (unpaired) electrons. The summed E-state index contributed by atoms with van der Waals surface area (Å²) in [5, 5.41) is 0. The highest BCUT2D eigenvalue weighted by Crippen LogP contribution is 2.24. The smallest absolute Gasteiger partial charge is 0.226 e. The highest BCUT2D eigenvalue weighted by atomic mass is 19.1. The number of rotatable bonds is 4. The van der Waals surface area contributed by atoms with E-state index >= 15 is 0 Å². The van der Waals surface area contributed by atoms with Crippen molar-refractivity contribution in [2.45, 2.75) is 12.6 Å². The van der Waals surface area contributed by atoms with E-state index in [9.17, 15) is 8.78 Å². The second-order valence-electron chi connectivity index (χ2n) is 6.30. The second kappa shape index (κ2) is 7.35. The van der Waals surface area contributed by atoms with Gasteiger partial charge in [-0.1, -0.05) is 12.1 Å². The largest absolute Gasteiger partial charge is 0.444 e. The number of oxazole rings is 1. The van der Waals surface area contributed by atoms with E-state index in [0.717, 1.165) is 23.4 Å². The third-order valence-electron chi connectivity index (χ3n) is 4.42. The fourth-order valence-corrected chi connectivity index (χ4v) is 3.06. The lowest BCUT2D eigenvalue weighted by molar-refractivity contribution is -0.0333. The minimum absolute atomic E-state index is 0.0900. The Morgan fingerprint density at radius 2 is 1.69 bits per heavy atom. The number of ether oxygens (including phenoxy) is 1. The topological polar surface area (TPSA) is 38.5 Å². The zero-order valence-corrected chi connectivity index (χ0v) is 14.1. The first-order chi connectivity index (χ1) is 12.7. The maximum Gasteiger partial charge on any atom is 0.226 e. The normalized spacial score (nSPS) is 18.2. The number of halogens is 2. The van der Waals surface area contributed by atoms with Gasteiger partial charge in [0.2, 0.25) is 5.89 Å². The number of benzene rings is 2. The van der Waals surface area contributed by atoms with Crippen LogP contribution >= 0.6 is 0 Å². The van der Waals surface area contributed by atoms with E-state index in [2.05, 4.69) is 9.88 Å². The molecular formula is C20H18F2N2O2. The van der Waals surface area contributed by atoms with Crippen LogP contribution in [0.15, 0.2) is 59.2 Å². The lowest BCUT2D eigenvalue weighted by Gasteiger charge is -2.32. The summed E-state index contributed by atoms with van der Waals surface area (Å²) in [4.78, 5) is 6.72. The van der Waals surface area contributed by atoms with Gasteiger partial charge in [0.1, 0.15) is 17.9 Å². The van der Waals surface area contributed by atoms with Crippen molar-refractivity contribution in [3.63, 3.8) is 0 Å². The third kappa shape index (κ3) is 3.81. The molecule has 0 aliphatic carbocycles. The SMILES string of the molecule is Fc1ccc(-c2nc(CN3CCOC(c4ccc(F)cc4)C3)co2)cc1. The van der Waals surface area contributed by atoms with Crippen molar-refractivity contribution in [2.24, 2.45) is 0 Å². The van der Waals surface area contributed by atoms with Gasteiger partial charge < -0.3 is 9.15 Å². The first-order valence-electron chi connectivity index (χ1n) is 8.47. The molecule has 1 saturated heterocycles. The van der Waals surface area contributed by atoms with Gasteiger partial charge in [-0.05, 0) is 42.0 Å². The fourth-order valence-electron chi connectivity index (χ4n) is 3.06. The summed E-state index contributed by atoms with van der Waals surface area (Å²) >= 11 is 0. The van der Waals surface area contributed by atoms with E-state index in [1.807, 2.05) is 0 Å². The van der Waals surface area contributed by atoms with Crippen LogP contribution in [0.25, 0.3) is 11.5 Å². The average molecular weight is 356 g/mol. The first-order valence-corrected chi connectivity index (χ1v) is 8.47. The molecule has 1 atom stereocenters. The molecule has 26 heavy (non-hydrogen) atoms. The summed E-state index contributed by atoms with van der Waals surface area (Å²) in [7, 11) is 0. The number of hydrogen-bond donors (Lipinski definition) is 0. The van der Waals surface area contributed by atoms with Crippen LogP contribution in [-0.4, -0.2) is 29.6 Å². The quantitative estimate of drug-likeness (QED) is 0.702. The molecule has 6 heteroatoms. The Morgan fingerprint density at radius 1 is 1.00 bits per heavy atom. The third-order valence-corrected chi connectivity index (χ3v) is 4.42. The molecule has 1 fully saturated rings. The van der Waals surface area contributed by atoms with Crippen LogP contribution in [0, 0.1) is 11.6 Å². The molecule has 134 valence electrons. The maximum absolute atomic E-state index is 13.1. The molecule has 2 heterocycles. The predicted octanol–water partition coefficient (Wildman–Crippen LogP) is 4.19. The van der Waals surface area contributed by atoms with Crippen molar-refractivity contribution in [2.75, 3.05) is 19.7 Å². The summed E-state index contributed by atoms with van der Waals surface area (Å²) in [5.74, 6) is -0.0682. The van der Waals surface area contributed by atoms with Gasteiger partial charge >= 0.3 is 0 Å². The molecule has 0 bridgehead atoms. The molecule has 3 aromatic rings. The van der Waals surface area contributed by atoms with Gasteiger partial charge in [0.05, 0.1) is 18.4 Å². The standard InChI is InChI=1S/C20H18F2N2O2/c21-16-5-1-14(2-6-16)19-12-24(9-10-25-19)11-18-13-26-20(23-18)15-3-7-17(22)8-4-15/h1-8,13,19H,9-12H2. The van der Waals surface area contributed by atoms with Crippen LogP contribution < -0.4 is 0 Å². The molecule has 1 aliphatic rings. The van der Waals surface area contributed by atoms with Gasteiger partial charge in [-0.3, -0.25) is 4.90 Å². The average Bonchev–Trinajstić information content (AvgIpc) is 3.11. The summed E-state index contributed by atoms with van der Waals surface area (Å²) < 4.78 is 37.5. The molecule has 0 spiro atoms. The minimum Gasteiger partial charge on any atom is -0.444 e. The van der Waals surface area contributed by atoms with Gasteiger partial charge in [0.25, 0.3) is 0 Å². The molecule has 2 aromatic carbocycles. The molecule has 1 aromatic heterocycles. The van der Waals surface area contributed by atoms with Gasteiger partial charge in [-0.25, -0.2) is 13.8 Å². The van der Waals surface area contributed by atoms with E-state index in [4.69, 9.17) is 9.15 Å². The van der Waals surface area contributed by atoms with E-state index < -0.39 is 0 Å².